The molecule has 106 valence electrons. The van der Waals surface area contributed by atoms with Gasteiger partial charge in [0.05, 0.1) is 0 Å². The fourth-order valence-corrected chi connectivity index (χ4v) is 1.83. The number of nitrogens with two attached hydrogens (primary N) is 1. The Labute approximate surface area is 123 Å². The Morgan fingerprint density at radius 3 is 2.67 bits per heavy atom. The van der Waals surface area contributed by atoms with Crippen LogP contribution in [0.5, 0.6) is 0 Å². The molecule has 4 nitrogen and oxygen atoms in total. The number of rotatable bonds is 5. The zero-order chi connectivity index (χ0) is 15.2. The molecule has 4 heteroatoms. The van der Waals surface area contributed by atoms with Gasteiger partial charge in [-0.1, -0.05) is 66.4 Å². The number of nitrogen functional groups attached to an aromatic ring is 1. The molecule has 21 heavy (non-hydrogen) atoms. The van der Waals surface area contributed by atoms with Gasteiger partial charge < -0.3 is 10.3 Å². The molecule has 0 bridgehead atoms. The first-order chi connectivity index (χ1) is 10.2. The van der Waals surface area contributed by atoms with Crippen molar-refractivity contribution in [2.75, 3.05) is 5.73 Å². The summed E-state index contributed by atoms with van der Waals surface area (Å²) < 4.78 is 5.22. The predicted molar refractivity (Wildman–Crippen MR) is 83.8 cm³/mol. The maximum Gasteiger partial charge on any atom is 0.217 e. The SMILES string of the molecule is C=C/C(=C\C=C/C)c1onc(C(=O)c2ccccc2)c1N. The Bertz CT molecular complexity index is 710. The maximum atomic E-state index is 12.3. The Morgan fingerprint density at radius 2 is 2.05 bits per heavy atom. The van der Waals surface area contributed by atoms with Gasteiger partial charge in [0.1, 0.15) is 5.69 Å². The number of ketones is 1. The number of benzene rings is 1. The van der Waals surface area contributed by atoms with Crippen molar-refractivity contribution < 1.29 is 9.32 Å². The maximum absolute atomic E-state index is 12.3. The molecule has 0 fully saturated rings. The molecular formula is C17H16N2O2. The molecule has 0 radical (unpaired) electrons. The van der Waals surface area contributed by atoms with Gasteiger partial charge >= 0.3 is 0 Å². The molecule has 2 rings (SSSR count). The van der Waals surface area contributed by atoms with Gasteiger partial charge in [0.25, 0.3) is 0 Å². The summed E-state index contributed by atoms with van der Waals surface area (Å²) in [6.07, 6.45) is 7.10. The highest BCUT2D eigenvalue weighted by molar-refractivity contribution is 6.11. The van der Waals surface area contributed by atoms with Crippen molar-refractivity contribution in [2.45, 2.75) is 6.92 Å². The topological polar surface area (TPSA) is 69.1 Å². The van der Waals surface area contributed by atoms with Gasteiger partial charge in [0.2, 0.25) is 5.78 Å². The molecule has 0 aliphatic rings. The number of allylic oxidation sites excluding steroid dienone is 5. The van der Waals surface area contributed by atoms with Crippen LogP contribution in [0.4, 0.5) is 5.69 Å². The van der Waals surface area contributed by atoms with Gasteiger partial charge in [-0.25, -0.2) is 0 Å². The standard InChI is InChI=1S/C17H16N2O2/c1-3-5-9-12(4-2)17-14(18)15(19-21-17)16(20)13-10-7-6-8-11-13/h3-11H,2,18H2,1H3/b5-3-,12-9+. The van der Waals surface area contributed by atoms with E-state index in [9.17, 15) is 4.79 Å². The summed E-state index contributed by atoms with van der Waals surface area (Å²) in [7, 11) is 0. The summed E-state index contributed by atoms with van der Waals surface area (Å²) >= 11 is 0. The minimum absolute atomic E-state index is 0.115. The second-order valence-electron chi connectivity index (χ2n) is 4.32. The molecule has 1 aromatic carbocycles. The fourth-order valence-electron chi connectivity index (χ4n) is 1.83. The summed E-state index contributed by atoms with van der Waals surface area (Å²) in [5.41, 5.74) is 7.52. The van der Waals surface area contributed by atoms with Crippen LogP contribution in [0.25, 0.3) is 5.57 Å². The van der Waals surface area contributed by atoms with Gasteiger partial charge in [0, 0.05) is 11.1 Å². The largest absolute Gasteiger partial charge is 0.394 e. The molecule has 1 aromatic heterocycles. The van der Waals surface area contributed by atoms with E-state index < -0.39 is 0 Å². The average Bonchev–Trinajstić information content (AvgIpc) is 2.90. The lowest BCUT2D eigenvalue weighted by Crippen LogP contribution is -2.05. The van der Waals surface area contributed by atoms with Gasteiger partial charge in [-0.15, -0.1) is 0 Å². The molecule has 1 heterocycles. The Morgan fingerprint density at radius 1 is 1.33 bits per heavy atom. The van der Waals surface area contributed by atoms with Crippen molar-refractivity contribution in [3.05, 3.63) is 78.2 Å². The average molecular weight is 280 g/mol. The monoisotopic (exact) mass is 280 g/mol. The summed E-state index contributed by atoms with van der Waals surface area (Å²) in [5, 5.41) is 3.81. The summed E-state index contributed by atoms with van der Waals surface area (Å²) in [4.78, 5) is 12.3. The number of hydrogen-bond donors (Lipinski definition) is 1. The number of anilines is 1. The number of carbonyl (C=O) groups excluding carboxylic acids is 1. The fraction of sp³-hybridized carbons (Fsp3) is 0.0588. The smallest absolute Gasteiger partial charge is 0.217 e. The molecule has 2 aromatic rings. The predicted octanol–water partition coefficient (Wildman–Crippen LogP) is 3.63. The van der Waals surface area contributed by atoms with Gasteiger partial charge in [-0.2, -0.15) is 0 Å². The third-order valence-corrected chi connectivity index (χ3v) is 2.93. The molecule has 0 amide bonds. The van der Waals surface area contributed by atoms with E-state index >= 15 is 0 Å². The summed E-state index contributed by atoms with van der Waals surface area (Å²) in [6.45, 7) is 5.61. The highest BCUT2D eigenvalue weighted by Crippen LogP contribution is 2.27. The minimum Gasteiger partial charge on any atom is -0.394 e. The third kappa shape index (κ3) is 3.00. The van der Waals surface area contributed by atoms with Crippen LogP contribution in [0.15, 0.2) is 65.7 Å². The number of hydrogen-bond acceptors (Lipinski definition) is 4. The van der Waals surface area contributed by atoms with E-state index in [1.165, 1.54) is 0 Å². The summed E-state index contributed by atoms with van der Waals surface area (Å²) in [6, 6.07) is 8.82. The Balaban J connectivity index is 2.41. The molecule has 0 saturated carbocycles. The molecule has 0 aliphatic carbocycles. The van der Waals surface area contributed by atoms with Crippen LogP contribution in [0.1, 0.15) is 28.7 Å². The number of nitrogens with zero attached hydrogens (tertiary/aromatic N) is 1. The lowest BCUT2D eigenvalue weighted by atomic mass is 10.1. The summed E-state index contributed by atoms with van der Waals surface area (Å²) in [5.74, 6) is 0.0833. The van der Waals surface area contributed by atoms with Gasteiger partial charge in [-0.3, -0.25) is 4.79 Å². The van der Waals surface area contributed by atoms with Crippen LogP contribution >= 0.6 is 0 Å². The first-order valence-electron chi connectivity index (χ1n) is 6.49. The number of aromatic nitrogens is 1. The molecular weight excluding hydrogens is 264 g/mol. The van der Waals surface area contributed by atoms with Crippen molar-refractivity contribution in [1.29, 1.82) is 0 Å². The first-order valence-corrected chi connectivity index (χ1v) is 6.49. The quantitative estimate of drug-likeness (QED) is 0.670. The van der Waals surface area contributed by atoms with Crippen molar-refractivity contribution >= 4 is 17.0 Å². The molecule has 0 atom stereocenters. The molecule has 0 unspecified atom stereocenters. The van der Waals surface area contributed by atoms with E-state index in [1.54, 1.807) is 36.4 Å². The van der Waals surface area contributed by atoms with Crippen molar-refractivity contribution in [3.63, 3.8) is 0 Å². The van der Waals surface area contributed by atoms with E-state index in [4.69, 9.17) is 10.3 Å². The second-order valence-corrected chi connectivity index (χ2v) is 4.32. The molecule has 2 N–H and O–H groups in total. The van der Waals surface area contributed by atoms with Crippen LogP contribution in [-0.4, -0.2) is 10.9 Å². The Hall–Kier alpha value is -2.88. The highest BCUT2D eigenvalue weighted by atomic mass is 16.5. The third-order valence-electron chi connectivity index (χ3n) is 2.93. The Kier molecular flexibility index (Phi) is 4.51. The lowest BCUT2D eigenvalue weighted by molar-refractivity contribution is 0.103. The van der Waals surface area contributed by atoms with E-state index in [0.717, 1.165) is 0 Å². The van der Waals surface area contributed by atoms with Crippen LogP contribution < -0.4 is 5.73 Å². The first kappa shape index (κ1) is 14.5. The van der Waals surface area contributed by atoms with Crippen LogP contribution in [0.3, 0.4) is 0 Å². The normalized spacial score (nSPS) is 11.8. The lowest BCUT2D eigenvalue weighted by Gasteiger charge is -1.99. The van der Waals surface area contributed by atoms with E-state index in [0.29, 0.717) is 16.9 Å². The zero-order valence-electron chi connectivity index (χ0n) is 11.7. The second kappa shape index (κ2) is 6.52. The highest BCUT2D eigenvalue weighted by Gasteiger charge is 2.21. The minimum atomic E-state index is -0.266. The van der Waals surface area contributed by atoms with Gasteiger partial charge in [-0.05, 0) is 6.92 Å². The van der Waals surface area contributed by atoms with Crippen molar-refractivity contribution in [3.8, 4) is 0 Å². The van der Waals surface area contributed by atoms with E-state index in [-0.39, 0.29) is 17.2 Å². The van der Waals surface area contributed by atoms with Crippen molar-refractivity contribution in [1.82, 2.24) is 5.16 Å². The zero-order valence-corrected chi connectivity index (χ0v) is 11.7. The number of carbonyl (C=O) groups is 1. The van der Waals surface area contributed by atoms with Crippen LogP contribution in [-0.2, 0) is 0 Å². The van der Waals surface area contributed by atoms with Crippen LogP contribution in [0, 0.1) is 0 Å². The van der Waals surface area contributed by atoms with Crippen molar-refractivity contribution in [2.24, 2.45) is 0 Å². The van der Waals surface area contributed by atoms with Crippen LogP contribution in [0.2, 0.25) is 0 Å². The molecule has 0 aliphatic heterocycles. The molecule has 0 spiro atoms. The van der Waals surface area contributed by atoms with E-state index in [2.05, 4.69) is 11.7 Å². The van der Waals surface area contributed by atoms with E-state index in [1.807, 2.05) is 25.1 Å². The molecule has 0 saturated heterocycles. The van der Waals surface area contributed by atoms with Gasteiger partial charge in [0.15, 0.2) is 11.5 Å².